The molecule has 0 aliphatic carbocycles. The molecule has 0 spiro atoms. The van der Waals surface area contributed by atoms with Crippen LogP contribution in [0.5, 0.6) is 0 Å². The molecular formula is C24H33BrN4O6S. The summed E-state index contributed by atoms with van der Waals surface area (Å²) < 4.78 is 6.16. The molecule has 0 aromatic carbocycles. The first-order chi connectivity index (χ1) is 16.7. The molecule has 0 bridgehead atoms. The number of carboxylic acids is 1. The van der Waals surface area contributed by atoms with Gasteiger partial charge in [-0.15, -0.1) is 11.3 Å². The largest absolute Gasteiger partial charge is 0.480 e. The van der Waals surface area contributed by atoms with Crippen LogP contribution in [0, 0.1) is 11.8 Å². The zero-order valence-corrected chi connectivity index (χ0v) is 23.7. The third-order valence-electron chi connectivity index (χ3n) is 6.22. The number of halogens is 1. The molecule has 1 aromatic rings. The molecule has 3 amide bonds. The molecule has 1 saturated heterocycles. The van der Waals surface area contributed by atoms with Gasteiger partial charge in [-0.25, -0.2) is 14.6 Å². The monoisotopic (exact) mass is 584 g/mol. The van der Waals surface area contributed by atoms with Gasteiger partial charge in [0.05, 0.1) is 22.5 Å². The number of fused-ring (bicyclic) bond motifs is 2. The number of thiazole rings is 1. The third kappa shape index (κ3) is 6.26. The predicted octanol–water partition coefficient (Wildman–Crippen LogP) is 3.15. The lowest BCUT2D eigenvalue weighted by Crippen LogP contribution is -2.56. The smallest absolute Gasteiger partial charge is 0.410 e. The number of hydrogen-bond donors (Lipinski definition) is 2. The number of likely N-dealkylation sites (N-methyl/N-ethyl adjacent to an activating group) is 1. The molecule has 0 unspecified atom stereocenters. The summed E-state index contributed by atoms with van der Waals surface area (Å²) in [5, 5.41) is 12.4. The highest BCUT2D eigenvalue weighted by molar-refractivity contribution is 9.11. The molecule has 0 saturated carbocycles. The fraction of sp³-hybridized carbons (Fsp3) is 0.625. The molecule has 198 valence electrons. The molecule has 3 rings (SSSR count). The number of likely N-dealkylation sites (tertiary alicyclic amines) is 1. The minimum atomic E-state index is -1.22. The fourth-order valence-electron chi connectivity index (χ4n) is 4.63. The van der Waals surface area contributed by atoms with Crippen molar-refractivity contribution in [1.82, 2.24) is 20.1 Å². The number of carboxylic acid groups (broad SMARTS) is 1. The zero-order chi connectivity index (χ0) is 26.9. The van der Waals surface area contributed by atoms with Crippen molar-refractivity contribution in [2.24, 2.45) is 11.8 Å². The Hall–Kier alpha value is -2.47. The van der Waals surface area contributed by atoms with Crippen LogP contribution in [-0.2, 0) is 25.5 Å². The van der Waals surface area contributed by atoms with Crippen LogP contribution in [0.3, 0.4) is 0 Å². The van der Waals surface area contributed by atoms with Gasteiger partial charge >= 0.3 is 12.1 Å². The number of hydrogen-bond acceptors (Lipinski definition) is 7. The summed E-state index contributed by atoms with van der Waals surface area (Å²) in [6, 6.07) is -2.71. The van der Waals surface area contributed by atoms with E-state index in [4.69, 9.17) is 4.74 Å². The average molecular weight is 586 g/mol. The van der Waals surface area contributed by atoms with E-state index in [2.05, 4.69) is 26.2 Å². The maximum atomic E-state index is 13.7. The van der Waals surface area contributed by atoms with Crippen LogP contribution in [0.15, 0.2) is 9.99 Å². The number of aromatic nitrogens is 1. The van der Waals surface area contributed by atoms with E-state index in [-0.39, 0.29) is 18.2 Å². The van der Waals surface area contributed by atoms with Crippen LogP contribution in [0.2, 0.25) is 0 Å². The molecule has 10 nitrogen and oxygen atoms in total. The van der Waals surface area contributed by atoms with E-state index in [1.807, 2.05) is 0 Å². The SMILES string of the molecule is CC(C)[C@H]1C(=O)N[C@H](C(=O)O)Cc2nc(Br)sc2/C=C\[C@@H]2[C@H](CCN2C(=O)OC(C)(C)C)C(=O)N1C. The van der Waals surface area contributed by atoms with E-state index < -0.39 is 47.6 Å². The Kier molecular flexibility index (Phi) is 8.49. The molecule has 12 heteroatoms. The molecular weight excluding hydrogens is 552 g/mol. The number of carbonyl (C=O) groups is 4. The minimum absolute atomic E-state index is 0.0325. The molecule has 3 heterocycles. The predicted molar refractivity (Wildman–Crippen MR) is 138 cm³/mol. The first-order valence-electron chi connectivity index (χ1n) is 11.8. The molecule has 1 fully saturated rings. The standard InChI is InChI=1S/C24H33BrN4O6S/c1-12(2)18-19(30)26-15(21(32)33)11-14-17(36-22(25)27-14)8-7-16-13(20(31)28(18)6)9-10-29(16)23(34)35-24(3,4)5/h7-8,12-13,15-16,18H,9-11H2,1-6H3,(H,26,30)(H,32,33)/b8-7-/t13-,15-,16+,18-/m0/s1. The van der Waals surface area contributed by atoms with Crippen LogP contribution in [0.25, 0.3) is 6.08 Å². The molecule has 2 N–H and O–H groups in total. The van der Waals surface area contributed by atoms with E-state index in [9.17, 15) is 24.3 Å². The van der Waals surface area contributed by atoms with Gasteiger partial charge in [0.2, 0.25) is 11.8 Å². The zero-order valence-electron chi connectivity index (χ0n) is 21.3. The Balaban J connectivity index is 2.10. The number of aliphatic carboxylic acids is 1. The van der Waals surface area contributed by atoms with E-state index in [0.29, 0.717) is 27.5 Å². The van der Waals surface area contributed by atoms with Gasteiger partial charge < -0.3 is 25.0 Å². The van der Waals surface area contributed by atoms with Crippen LogP contribution in [0.4, 0.5) is 4.79 Å². The van der Waals surface area contributed by atoms with Crippen LogP contribution >= 0.6 is 27.3 Å². The van der Waals surface area contributed by atoms with E-state index in [1.165, 1.54) is 21.1 Å². The second kappa shape index (κ2) is 10.9. The summed E-state index contributed by atoms with van der Waals surface area (Å²) in [6.07, 6.45) is 3.40. The number of amides is 3. The highest BCUT2D eigenvalue weighted by Crippen LogP contribution is 2.32. The fourth-order valence-corrected chi connectivity index (χ4v) is 6.10. The van der Waals surface area contributed by atoms with Crippen LogP contribution < -0.4 is 5.32 Å². The van der Waals surface area contributed by atoms with Crippen molar-refractivity contribution in [3.63, 3.8) is 0 Å². The van der Waals surface area contributed by atoms with Gasteiger partial charge in [-0.2, -0.15) is 0 Å². The molecule has 4 atom stereocenters. The molecule has 36 heavy (non-hydrogen) atoms. The molecule has 0 radical (unpaired) electrons. The lowest BCUT2D eigenvalue weighted by Gasteiger charge is -2.34. The first kappa shape index (κ1) is 28.1. The Labute approximate surface area is 223 Å². The van der Waals surface area contributed by atoms with Crippen molar-refractivity contribution < 1.29 is 29.0 Å². The second-order valence-electron chi connectivity index (χ2n) is 10.4. The van der Waals surface area contributed by atoms with Gasteiger partial charge in [0.1, 0.15) is 17.7 Å². The van der Waals surface area contributed by atoms with Crippen molar-refractivity contribution in [2.75, 3.05) is 13.6 Å². The van der Waals surface area contributed by atoms with Crippen molar-refractivity contribution in [3.8, 4) is 0 Å². The van der Waals surface area contributed by atoms with E-state index in [0.717, 1.165) is 0 Å². The summed E-state index contributed by atoms with van der Waals surface area (Å²) in [6.45, 7) is 9.27. The van der Waals surface area contributed by atoms with Crippen molar-refractivity contribution >= 4 is 57.2 Å². The summed E-state index contributed by atoms with van der Waals surface area (Å²) in [4.78, 5) is 60.0. The topological polar surface area (TPSA) is 129 Å². The number of nitrogens with one attached hydrogen (secondary N) is 1. The molecule has 1 aromatic heterocycles. The Morgan fingerprint density at radius 3 is 2.56 bits per heavy atom. The van der Waals surface area contributed by atoms with Gasteiger partial charge in [-0.05, 0) is 55.1 Å². The summed E-state index contributed by atoms with van der Waals surface area (Å²) >= 11 is 4.66. The van der Waals surface area contributed by atoms with Crippen LogP contribution in [-0.4, -0.2) is 81.1 Å². The Morgan fingerprint density at radius 1 is 1.31 bits per heavy atom. The maximum absolute atomic E-state index is 13.7. The lowest BCUT2D eigenvalue weighted by atomic mass is 9.95. The minimum Gasteiger partial charge on any atom is -0.480 e. The van der Waals surface area contributed by atoms with Crippen molar-refractivity contribution in [2.45, 2.75) is 71.2 Å². The van der Waals surface area contributed by atoms with Gasteiger partial charge in [0, 0.05) is 20.0 Å². The van der Waals surface area contributed by atoms with Crippen molar-refractivity contribution in [3.05, 3.63) is 20.6 Å². The number of rotatable bonds is 2. The highest BCUT2D eigenvalue weighted by Gasteiger charge is 2.45. The normalized spacial score (nSPS) is 26.3. The van der Waals surface area contributed by atoms with Gasteiger partial charge in [-0.1, -0.05) is 19.9 Å². The average Bonchev–Trinajstić information content (AvgIpc) is 3.31. The summed E-state index contributed by atoms with van der Waals surface area (Å²) in [5.74, 6) is -2.90. The number of carbonyl (C=O) groups excluding carboxylic acids is 3. The second-order valence-corrected chi connectivity index (χ2v) is 12.7. The van der Waals surface area contributed by atoms with Gasteiger partial charge in [-0.3, -0.25) is 9.59 Å². The first-order valence-corrected chi connectivity index (χ1v) is 13.4. The quantitative estimate of drug-likeness (QED) is 0.546. The molecule has 2 aliphatic heterocycles. The Bertz CT molecular complexity index is 1070. The molecule has 2 aliphatic rings. The van der Waals surface area contributed by atoms with E-state index in [1.54, 1.807) is 53.8 Å². The highest BCUT2D eigenvalue weighted by atomic mass is 79.9. The van der Waals surface area contributed by atoms with Gasteiger partial charge in [0.25, 0.3) is 0 Å². The lowest BCUT2D eigenvalue weighted by molar-refractivity contribution is -0.146. The third-order valence-corrected chi connectivity index (χ3v) is 7.74. The Morgan fingerprint density at radius 2 is 1.97 bits per heavy atom. The van der Waals surface area contributed by atoms with E-state index >= 15 is 0 Å². The number of ether oxygens (including phenoxy) is 1. The maximum Gasteiger partial charge on any atom is 0.410 e. The summed E-state index contributed by atoms with van der Waals surface area (Å²) in [5.41, 5.74) is -0.208. The van der Waals surface area contributed by atoms with Gasteiger partial charge in [0.15, 0.2) is 3.92 Å². The number of nitrogens with zero attached hydrogens (tertiary/aromatic N) is 3. The van der Waals surface area contributed by atoms with Crippen LogP contribution in [0.1, 0.15) is 51.6 Å². The summed E-state index contributed by atoms with van der Waals surface area (Å²) in [7, 11) is 1.55. The van der Waals surface area contributed by atoms with Crippen molar-refractivity contribution in [1.29, 1.82) is 0 Å².